The first kappa shape index (κ1) is 10.9. The summed E-state index contributed by atoms with van der Waals surface area (Å²) in [5.41, 5.74) is 0.301. The molecule has 0 aliphatic heterocycles. The molecule has 0 aliphatic rings. The van der Waals surface area contributed by atoms with E-state index in [1.807, 2.05) is 6.92 Å². The molecule has 0 spiro atoms. The minimum absolute atomic E-state index is 0.143. The molecule has 0 unspecified atom stereocenters. The van der Waals surface area contributed by atoms with Crippen molar-refractivity contribution in [1.82, 2.24) is 0 Å². The molecule has 2 nitrogen and oxygen atoms in total. The standard InChI is InChI=1S/C10H12F2O2/c1-2-3-14-9-5-7(6-13)4-8(11)10(9)12/h4-5,13H,2-3,6H2,1H3. The average molecular weight is 202 g/mol. The van der Waals surface area contributed by atoms with Crippen LogP contribution in [0.25, 0.3) is 0 Å². The number of aliphatic hydroxyl groups excluding tert-OH is 1. The van der Waals surface area contributed by atoms with Crippen molar-refractivity contribution in [2.24, 2.45) is 0 Å². The third-order valence-corrected chi connectivity index (χ3v) is 1.70. The summed E-state index contributed by atoms with van der Waals surface area (Å²) in [6.07, 6.45) is 0.713. The van der Waals surface area contributed by atoms with Crippen LogP contribution in [0, 0.1) is 11.6 Å². The first-order chi connectivity index (χ1) is 6.69. The Hall–Kier alpha value is -1.16. The van der Waals surface area contributed by atoms with Gasteiger partial charge in [0, 0.05) is 0 Å². The van der Waals surface area contributed by atoms with E-state index in [0.717, 1.165) is 6.07 Å². The normalized spacial score (nSPS) is 10.3. The molecular weight excluding hydrogens is 190 g/mol. The lowest BCUT2D eigenvalue weighted by Gasteiger charge is -2.07. The lowest BCUT2D eigenvalue weighted by Crippen LogP contribution is -2.00. The molecule has 0 amide bonds. The van der Waals surface area contributed by atoms with Gasteiger partial charge in [0.05, 0.1) is 13.2 Å². The van der Waals surface area contributed by atoms with Gasteiger partial charge < -0.3 is 9.84 Å². The first-order valence-electron chi connectivity index (χ1n) is 4.40. The van der Waals surface area contributed by atoms with Gasteiger partial charge in [-0.05, 0) is 24.1 Å². The molecule has 0 aromatic heterocycles. The molecule has 0 atom stereocenters. The maximum absolute atomic E-state index is 13.1. The fourth-order valence-electron chi connectivity index (χ4n) is 1.03. The van der Waals surface area contributed by atoms with Crippen LogP contribution in [-0.2, 0) is 6.61 Å². The molecule has 0 bridgehead atoms. The van der Waals surface area contributed by atoms with Crippen molar-refractivity contribution in [2.45, 2.75) is 20.0 Å². The third kappa shape index (κ3) is 2.42. The maximum atomic E-state index is 13.1. The Morgan fingerprint density at radius 2 is 2.07 bits per heavy atom. The quantitative estimate of drug-likeness (QED) is 0.811. The van der Waals surface area contributed by atoms with Crippen molar-refractivity contribution >= 4 is 0 Å². The van der Waals surface area contributed by atoms with Gasteiger partial charge in [0.1, 0.15) is 0 Å². The molecule has 0 fully saturated rings. The minimum atomic E-state index is -1.00. The number of ether oxygens (including phenoxy) is 1. The fourth-order valence-corrected chi connectivity index (χ4v) is 1.03. The van der Waals surface area contributed by atoms with Crippen molar-refractivity contribution < 1.29 is 18.6 Å². The second-order valence-corrected chi connectivity index (χ2v) is 2.90. The molecule has 1 N–H and O–H groups in total. The van der Waals surface area contributed by atoms with E-state index in [4.69, 9.17) is 9.84 Å². The molecule has 0 aliphatic carbocycles. The van der Waals surface area contributed by atoms with E-state index in [9.17, 15) is 8.78 Å². The zero-order valence-corrected chi connectivity index (χ0v) is 7.89. The Morgan fingerprint density at radius 3 is 2.64 bits per heavy atom. The van der Waals surface area contributed by atoms with Crippen molar-refractivity contribution in [1.29, 1.82) is 0 Å². The van der Waals surface area contributed by atoms with E-state index in [2.05, 4.69) is 0 Å². The lowest BCUT2D eigenvalue weighted by atomic mass is 10.2. The second kappa shape index (κ2) is 4.91. The van der Waals surface area contributed by atoms with E-state index >= 15 is 0 Å². The molecule has 14 heavy (non-hydrogen) atoms. The summed E-state index contributed by atoms with van der Waals surface area (Å²) in [5, 5.41) is 8.76. The monoisotopic (exact) mass is 202 g/mol. The van der Waals surface area contributed by atoms with Crippen LogP contribution in [0.4, 0.5) is 8.78 Å². The summed E-state index contributed by atoms with van der Waals surface area (Å²) in [7, 11) is 0. The Morgan fingerprint density at radius 1 is 1.36 bits per heavy atom. The molecule has 1 rings (SSSR count). The number of aliphatic hydroxyl groups is 1. The Labute approximate surface area is 81.1 Å². The smallest absolute Gasteiger partial charge is 0.200 e. The average Bonchev–Trinajstić information content (AvgIpc) is 2.20. The van der Waals surface area contributed by atoms with Crippen molar-refractivity contribution in [3.8, 4) is 5.75 Å². The molecular formula is C10H12F2O2. The van der Waals surface area contributed by atoms with Crippen LogP contribution in [0.1, 0.15) is 18.9 Å². The predicted octanol–water partition coefficient (Wildman–Crippen LogP) is 2.25. The van der Waals surface area contributed by atoms with Crippen LogP contribution in [0.2, 0.25) is 0 Å². The van der Waals surface area contributed by atoms with Gasteiger partial charge in [-0.3, -0.25) is 0 Å². The van der Waals surface area contributed by atoms with Gasteiger partial charge >= 0.3 is 0 Å². The Bertz CT molecular complexity index is 313. The first-order valence-corrected chi connectivity index (χ1v) is 4.40. The number of hydrogen-bond acceptors (Lipinski definition) is 2. The highest BCUT2D eigenvalue weighted by Crippen LogP contribution is 2.22. The summed E-state index contributed by atoms with van der Waals surface area (Å²) >= 11 is 0. The molecule has 0 heterocycles. The molecule has 1 aromatic rings. The summed E-state index contributed by atoms with van der Waals surface area (Å²) in [6.45, 7) is 1.86. The SMILES string of the molecule is CCCOc1cc(CO)cc(F)c1F. The van der Waals surface area contributed by atoms with Gasteiger partial charge in [-0.1, -0.05) is 6.92 Å². The Kier molecular flexibility index (Phi) is 3.83. The highest BCUT2D eigenvalue weighted by molar-refractivity contribution is 5.31. The molecule has 0 radical (unpaired) electrons. The van der Waals surface area contributed by atoms with E-state index in [1.165, 1.54) is 6.07 Å². The van der Waals surface area contributed by atoms with Crippen LogP contribution in [-0.4, -0.2) is 11.7 Å². The number of hydrogen-bond donors (Lipinski definition) is 1. The largest absolute Gasteiger partial charge is 0.490 e. The van der Waals surface area contributed by atoms with Crippen LogP contribution in [0.3, 0.4) is 0 Å². The van der Waals surface area contributed by atoms with Gasteiger partial charge in [0.15, 0.2) is 11.6 Å². The summed E-state index contributed by atoms with van der Waals surface area (Å²) < 4.78 is 30.9. The molecule has 0 saturated carbocycles. The summed E-state index contributed by atoms with van der Waals surface area (Å²) in [4.78, 5) is 0. The zero-order chi connectivity index (χ0) is 10.6. The third-order valence-electron chi connectivity index (χ3n) is 1.70. The second-order valence-electron chi connectivity index (χ2n) is 2.90. The highest BCUT2D eigenvalue weighted by atomic mass is 19.2. The number of benzene rings is 1. The predicted molar refractivity (Wildman–Crippen MR) is 48.1 cm³/mol. The van der Waals surface area contributed by atoms with Gasteiger partial charge in [-0.25, -0.2) is 4.39 Å². The van der Waals surface area contributed by atoms with E-state index in [-0.39, 0.29) is 12.4 Å². The zero-order valence-electron chi connectivity index (χ0n) is 7.89. The van der Waals surface area contributed by atoms with Crippen molar-refractivity contribution in [3.05, 3.63) is 29.3 Å². The van der Waals surface area contributed by atoms with Crippen LogP contribution in [0.5, 0.6) is 5.75 Å². The van der Waals surface area contributed by atoms with Gasteiger partial charge in [0.25, 0.3) is 0 Å². The topological polar surface area (TPSA) is 29.5 Å². The highest BCUT2D eigenvalue weighted by Gasteiger charge is 2.11. The van der Waals surface area contributed by atoms with Crippen molar-refractivity contribution in [3.63, 3.8) is 0 Å². The number of rotatable bonds is 4. The number of halogens is 2. The molecule has 4 heteroatoms. The Balaban J connectivity index is 2.95. The van der Waals surface area contributed by atoms with Gasteiger partial charge in [-0.2, -0.15) is 4.39 Å². The van der Waals surface area contributed by atoms with Gasteiger partial charge in [-0.15, -0.1) is 0 Å². The van der Waals surface area contributed by atoms with Crippen LogP contribution in [0.15, 0.2) is 12.1 Å². The molecule has 1 aromatic carbocycles. The van der Waals surface area contributed by atoms with Crippen molar-refractivity contribution in [2.75, 3.05) is 6.61 Å². The molecule has 78 valence electrons. The maximum Gasteiger partial charge on any atom is 0.200 e. The van der Waals surface area contributed by atoms with E-state index in [0.29, 0.717) is 18.6 Å². The lowest BCUT2D eigenvalue weighted by molar-refractivity contribution is 0.273. The van der Waals surface area contributed by atoms with Crippen LogP contribution < -0.4 is 4.74 Å². The van der Waals surface area contributed by atoms with E-state index < -0.39 is 11.6 Å². The van der Waals surface area contributed by atoms with Gasteiger partial charge in [0.2, 0.25) is 5.82 Å². The summed E-state index contributed by atoms with van der Waals surface area (Å²) in [6, 6.07) is 2.25. The fraction of sp³-hybridized carbons (Fsp3) is 0.400. The summed E-state index contributed by atoms with van der Waals surface area (Å²) in [5.74, 6) is -2.14. The molecule has 0 saturated heterocycles. The minimum Gasteiger partial charge on any atom is -0.490 e. The van der Waals surface area contributed by atoms with E-state index in [1.54, 1.807) is 0 Å². The van der Waals surface area contributed by atoms with Crippen LogP contribution >= 0.6 is 0 Å².